The Bertz CT molecular complexity index is 1320. The maximum absolute atomic E-state index is 12.9. The van der Waals surface area contributed by atoms with Crippen molar-refractivity contribution in [1.29, 1.82) is 0 Å². The van der Waals surface area contributed by atoms with Gasteiger partial charge >= 0.3 is 6.18 Å². The topological polar surface area (TPSA) is 104 Å². The van der Waals surface area contributed by atoms with Crippen LogP contribution in [0.15, 0.2) is 52.1 Å². The number of rotatable bonds is 5. The van der Waals surface area contributed by atoms with E-state index in [1.807, 2.05) is 0 Å². The average Bonchev–Trinajstić information content (AvgIpc) is 2.72. The summed E-state index contributed by atoms with van der Waals surface area (Å²) in [6, 6.07) is 8.96. The van der Waals surface area contributed by atoms with Crippen LogP contribution in [0.3, 0.4) is 0 Å². The molecule has 0 radical (unpaired) electrons. The molecule has 3 rings (SSSR count). The minimum Gasteiger partial charge on any atom is -0.335 e. The second-order valence-electron chi connectivity index (χ2n) is 6.87. The van der Waals surface area contributed by atoms with Crippen LogP contribution in [0.2, 0.25) is 5.02 Å². The number of carbonyl (C=O) groups is 2. The zero-order chi connectivity index (χ0) is 23.6. The number of alkyl halides is 3. The quantitative estimate of drug-likeness (QED) is 0.600. The van der Waals surface area contributed by atoms with E-state index >= 15 is 0 Å². The lowest BCUT2D eigenvalue weighted by molar-refractivity contribution is -0.137. The van der Waals surface area contributed by atoms with Gasteiger partial charge in [-0.05, 0) is 30.3 Å². The number of halogens is 4. The summed E-state index contributed by atoms with van der Waals surface area (Å²) in [7, 11) is 1.27. The number of hydrogen-bond donors (Lipinski definition) is 2. The van der Waals surface area contributed by atoms with Gasteiger partial charge in [-0.1, -0.05) is 23.7 Å². The lowest BCUT2D eigenvalue weighted by atomic mass is 10.2. The molecule has 2 N–H and O–H groups in total. The molecular weight excluding hydrogens is 453 g/mol. The number of carbonyl (C=O) groups excluding carboxylic acids is 2. The molecule has 1 aromatic heterocycles. The molecule has 0 aliphatic rings. The van der Waals surface area contributed by atoms with Crippen LogP contribution >= 0.6 is 11.6 Å². The smallest absolute Gasteiger partial charge is 0.335 e. The first kappa shape index (κ1) is 23.1. The zero-order valence-corrected chi connectivity index (χ0v) is 17.3. The summed E-state index contributed by atoms with van der Waals surface area (Å²) in [5.41, 5.74) is -2.41. The van der Waals surface area contributed by atoms with Gasteiger partial charge in [0.2, 0.25) is 11.8 Å². The number of nitrogens with zero attached hydrogens (tertiary/aromatic N) is 2. The Morgan fingerprint density at radius 1 is 1.12 bits per heavy atom. The number of anilines is 1. The summed E-state index contributed by atoms with van der Waals surface area (Å²) in [5.74, 6) is -1.45. The predicted molar refractivity (Wildman–Crippen MR) is 112 cm³/mol. The maximum Gasteiger partial charge on any atom is 0.417 e. The minimum atomic E-state index is -4.70. The van der Waals surface area contributed by atoms with E-state index in [1.165, 1.54) is 25.2 Å². The highest BCUT2D eigenvalue weighted by molar-refractivity contribution is 6.31. The number of nitrogens with one attached hydrogen (secondary N) is 2. The van der Waals surface area contributed by atoms with Gasteiger partial charge in [0.1, 0.15) is 6.54 Å². The summed E-state index contributed by atoms with van der Waals surface area (Å²) >= 11 is 5.54. The zero-order valence-electron chi connectivity index (χ0n) is 16.5. The molecule has 0 fully saturated rings. The van der Waals surface area contributed by atoms with Gasteiger partial charge in [0.25, 0.3) is 11.1 Å². The van der Waals surface area contributed by atoms with E-state index in [-0.39, 0.29) is 16.5 Å². The highest BCUT2D eigenvalue weighted by Crippen LogP contribution is 2.36. The molecular formula is C20H16ClF3N4O4. The molecule has 1 heterocycles. The number of hydrogen-bond acceptors (Lipinski definition) is 4. The van der Waals surface area contributed by atoms with Crippen LogP contribution in [0, 0.1) is 0 Å². The number of H-pyrrole nitrogens is 1. The second-order valence-corrected chi connectivity index (χ2v) is 7.28. The molecule has 0 aliphatic heterocycles. The van der Waals surface area contributed by atoms with Crippen LogP contribution < -0.4 is 16.4 Å². The van der Waals surface area contributed by atoms with Crippen molar-refractivity contribution >= 4 is 39.9 Å². The van der Waals surface area contributed by atoms with Gasteiger partial charge in [-0.3, -0.25) is 24.3 Å². The van der Waals surface area contributed by atoms with Crippen LogP contribution in [0.5, 0.6) is 0 Å². The molecule has 12 heteroatoms. The molecule has 8 nitrogen and oxygen atoms in total. The fourth-order valence-electron chi connectivity index (χ4n) is 2.94. The summed E-state index contributed by atoms with van der Waals surface area (Å²) < 4.78 is 39.7. The van der Waals surface area contributed by atoms with Crippen LogP contribution in [-0.2, 0) is 22.3 Å². The lowest BCUT2D eigenvalue weighted by Crippen LogP contribution is -2.40. The van der Waals surface area contributed by atoms with Crippen LogP contribution in [-0.4, -0.2) is 40.1 Å². The lowest BCUT2D eigenvalue weighted by Gasteiger charge is -2.18. The largest absolute Gasteiger partial charge is 0.417 e. The third-order valence-corrected chi connectivity index (χ3v) is 4.87. The second kappa shape index (κ2) is 8.87. The van der Waals surface area contributed by atoms with Gasteiger partial charge in [-0.2, -0.15) is 13.2 Å². The number of aromatic nitrogens is 2. The third-order valence-electron chi connectivity index (χ3n) is 4.54. The van der Waals surface area contributed by atoms with Crippen molar-refractivity contribution in [1.82, 2.24) is 14.7 Å². The van der Waals surface area contributed by atoms with Crippen molar-refractivity contribution in [2.24, 2.45) is 0 Å². The minimum absolute atomic E-state index is 0.132. The summed E-state index contributed by atoms with van der Waals surface area (Å²) in [4.78, 5) is 50.2. The van der Waals surface area contributed by atoms with Crippen LogP contribution in [0.4, 0.5) is 18.9 Å². The van der Waals surface area contributed by atoms with E-state index in [1.54, 1.807) is 12.1 Å². The van der Waals surface area contributed by atoms with Gasteiger partial charge in [-0.25, -0.2) is 4.68 Å². The molecule has 0 saturated carbocycles. The molecule has 0 saturated heterocycles. The predicted octanol–water partition coefficient (Wildman–Crippen LogP) is 2.46. The first-order valence-corrected chi connectivity index (χ1v) is 9.47. The van der Waals surface area contributed by atoms with E-state index in [2.05, 4.69) is 10.4 Å². The first-order valence-electron chi connectivity index (χ1n) is 9.10. The number of amides is 2. The summed E-state index contributed by atoms with van der Waals surface area (Å²) in [5, 5.41) is 4.35. The molecule has 0 spiro atoms. The van der Waals surface area contributed by atoms with E-state index in [0.717, 1.165) is 15.6 Å². The molecule has 168 valence electrons. The van der Waals surface area contributed by atoms with Crippen LogP contribution in [0.1, 0.15) is 5.56 Å². The Hall–Kier alpha value is -3.60. The standard InChI is InChI=1S/C20H16ClF3N4O4/c1-27(9-16(29)25-11-6-7-15(21)14(8-11)20(22,23)24)17(30)10-28-19(32)13-5-3-2-4-12(13)18(31)26-28/h2-8H,9-10H2,1H3,(H,25,29)(H,26,31). The molecule has 0 atom stereocenters. The highest BCUT2D eigenvalue weighted by atomic mass is 35.5. The molecule has 2 amide bonds. The van der Waals surface area contributed by atoms with Crippen molar-refractivity contribution in [3.63, 3.8) is 0 Å². The molecule has 0 bridgehead atoms. The Labute approximate surface area is 183 Å². The van der Waals surface area contributed by atoms with Crippen molar-refractivity contribution in [3.8, 4) is 0 Å². The monoisotopic (exact) mass is 468 g/mol. The number of fused-ring (bicyclic) bond motifs is 1. The Morgan fingerprint density at radius 3 is 2.44 bits per heavy atom. The number of benzene rings is 2. The Balaban J connectivity index is 1.70. The van der Waals surface area contributed by atoms with Gasteiger partial charge in [0, 0.05) is 12.7 Å². The van der Waals surface area contributed by atoms with Crippen molar-refractivity contribution in [2.75, 3.05) is 18.9 Å². The summed E-state index contributed by atoms with van der Waals surface area (Å²) in [6.07, 6.45) is -4.70. The van der Waals surface area contributed by atoms with E-state index < -0.39 is 52.8 Å². The SMILES string of the molecule is CN(CC(=O)Nc1ccc(Cl)c(C(F)(F)F)c1)C(=O)Cn1[nH]c(=O)c2ccccc2c1=O. The molecule has 0 unspecified atom stereocenters. The highest BCUT2D eigenvalue weighted by Gasteiger charge is 2.33. The van der Waals surface area contributed by atoms with E-state index in [0.29, 0.717) is 6.07 Å². The van der Waals surface area contributed by atoms with Gasteiger partial charge in [-0.15, -0.1) is 0 Å². The number of likely N-dealkylation sites (N-methyl/N-ethyl adjacent to an activating group) is 1. The van der Waals surface area contributed by atoms with Crippen LogP contribution in [0.25, 0.3) is 10.8 Å². The molecule has 32 heavy (non-hydrogen) atoms. The third kappa shape index (κ3) is 4.99. The first-order chi connectivity index (χ1) is 15.0. The summed E-state index contributed by atoms with van der Waals surface area (Å²) in [6.45, 7) is -1.04. The molecule has 0 aliphatic carbocycles. The number of aromatic amines is 1. The van der Waals surface area contributed by atoms with Crippen molar-refractivity contribution in [2.45, 2.75) is 12.7 Å². The average molecular weight is 469 g/mol. The van der Waals surface area contributed by atoms with Gasteiger partial charge < -0.3 is 10.2 Å². The maximum atomic E-state index is 12.9. The Kier molecular flexibility index (Phi) is 6.40. The molecule has 3 aromatic rings. The van der Waals surface area contributed by atoms with E-state index in [9.17, 15) is 32.3 Å². The fraction of sp³-hybridized carbons (Fsp3) is 0.200. The van der Waals surface area contributed by atoms with Crippen molar-refractivity contribution < 1.29 is 22.8 Å². The van der Waals surface area contributed by atoms with Gasteiger partial charge in [0.15, 0.2) is 0 Å². The molecule has 2 aromatic carbocycles. The fourth-order valence-corrected chi connectivity index (χ4v) is 3.16. The van der Waals surface area contributed by atoms with E-state index in [4.69, 9.17) is 11.6 Å². The van der Waals surface area contributed by atoms with Gasteiger partial charge in [0.05, 0.1) is 27.9 Å². The normalized spacial score (nSPS) is 11.4. The Morgan fingerprint density at radius 2 is 1.78 bits per heavy atom. The van der Waals surface area contributed by atoms with Crippen molar-refractivity contribution in [3.05, 3.63) is 73.8 Å².